The van der Waals surface area contributed by atoms with Gasteiger partial charge in [-0.05, 0) is 36.2 Å². The van der Waals surface area contributed by atoms with Gasteiger partial charge in [0.1, 0.15) is 0 Å². The van der Waals surface area contributed by atoms with E-state index < -0.39 is 0 Å². The smallest absolute Gasteiger partial charge is 0.251 e. The van der Waals surface area contributed by atoms with Crippen molar-refractivity contribution >= 4 is 17.5 Å². The summed E-state index contributed by atoms with van der Waals surface area (Å²) in [6.07, 6.45) is 0.819. The molecular formula is C18H18N2O4. The van der Waals surface area contributed by atoms with Crippen LogP contribution in [-0.4, -0.2) is 25.2 Å². The van der Waals surface area contributed by atoms with E-state index >= 15 is 0 Å². The van der Waals surface area contributed by atoms with Gasteiger partial charge in [0.05, 0.1) is 6.54 Å². The van der Waals surface area contributed by atoms with E-state index in [0.717, 1.165) is 17.7 Å². The summed E-state index contributed by atoms with van der Waals surface area (Å²) in [5.74, 6) is 0.529. The van der Waals surface area contributed by atoms with Gasteiger partial charge in [-0.2, -0.15) is 0 Å². The van der Waals surface area contributed by atoms with Crippen LogP contribution >= 0.6 is 0 Å². The number of para-hydroxylation sites is 1. The lowest BCUT2D eigenvalue weighted by Gasteiger charge is -2.10. The molecule has 3 rings (SSSR count). The number of aryl methyl sites for hydroxylation is 1. The highest BCUT2D eigenvalue weighted by Gasteiger charge is 2.16. The first kappa shape index (κ1) is 15.9. The summed E-state index contributed by atoms with van der Waals surface area (Å²) in [4.78, 5) is 24.2. The Bertz CT molecular complexity index is 773. The first-order valence-corrected chi connectivity index (χ1v) is 7.73. The zero-order valence-corrected chi connectivity index (χ0v) is 13.3. The van der Waals surface area contributed by atoms with Crippen LogP contribution in [0.1, 0.15) is 22.8 Å². The summed E-state index contributed by atoms with van der Waals surface area (Å²) in [5, 5.41) is 5.41. The highest BCUT2D eigenvalue weighted by Crippen LogP contribution is 2.32. The summed E-state index contributed by atoms with van der Waals surface area (Å²) < 4.78 is 10.4. The Morgan fingerprint density at radius 1 is 1.08 bits per heavy atom. The molecule has 6 nitrogen and oxygen atoms in total. The number of fused-ring (bicyclic) bond motifs is 1. The SMILES string of the molecule is CCc1ccccc1NC(=O)CNC(=O)c1ccc2c(c1)OCO2. The maximum atomic E-state index is 12.1. The molecule has 124 valence electrons. The highest BCUT2D eigenvalue weighted by molar-refractivity contribution is 5.99. The average molecular weight is 326 g/mol. The molecule has 0 saturated heterocycles. The summed E-state index contributed by atoms with van der Waals surface area (Å²) in [6, 6.07) is 12.5. The number of hydrogen-bond donors (Lipinski definition) is 2. The molecule has 2 aromatic rings. The lowest BCUT2D eigenvalue weighted by molar-refractivity contribution is -0.115. The Hall–Kier alpha value is -3.02. The first-order chi connectivity index (χ1) is 11.7. The Morgan fingerprint density at radius 2 is 1.88 bits per heavy atom. The topological polar surface area (TPSA) is 76.7 Å². The van der Waals surface area contributed by atoms with Crippen molar-refractivity contribution in [1.29, 1.82) is 0 Å². The van der Waals surface area contributed by atoms with E-state index in [1.54, 1.807) is 18.2 Å². The van der Waals surface area contributed by atoms with Gasteiger partial charge in [-0.25, -0.2) is 0 Å². The second-order valence-electron chi connectivity index (χ2n) is 5.31. The molecule has 2 aromatic carbocycles. The molecular weight excluding hydrogens is 308 g/mol. The molecule has 2 N–H and O–H groups in total. The minimum absolute atomic E-state index is 0.106. The molecule has 0 unspecified atom stereocenters. The van der Waals surface area contributed by atoms with Crippen molar-refractivity contribution in [2.75, 3.05) is 18.7 Å². The van der Waals surface area contributed by atoms with Gasteiger partial charge in [-0.15, -0.1) is 0 Å². The number of hydrogen-bond acceptors (Lipinski definition) is 4. The number of rotatable bonds is 5. The van der Waals surface area contributed by atoms with Crippen molar-refractivity contribution in [3.63, 3.8) is 0 Å². The molecule has 0 radical (unpaired) electrons. The van der Waals surface area contributed by atoms with Crippen LogP contribution in [0.2, 0.25) is 0 Å². The average Bonchev–Trinajstić information content (AvgIpc) is 3.07. The Balaban J connectivity index is 1.57. The number of ether oxygens (including phenoxy) is 2. The number of carbonyl (C=O) groups excluding carboxylic acids is 2. The van der Waals surface area contributed by atoms with Crippen molar-refractivity contribution in [2.45, 2.75) is 13.3 Å². The van der Waals surface area contributed by atoms with E-state index in [9.17, 15) is 9.59 Å². The lowest BCUT2D eigenvalue weighted by atomic mass is 10.1. The van der Waals surface area contributed by atoms with Crippen LogP contribution in [0.15, 0.2) is 42.5 Å². The third kappa shape index (κ3) is 3.48. The minimum atomic E-state index is -0.341. The van der Waals surface area contributed by atoms with E-state index in [2.05, 4.69) is 10.6 Å². The normalized spacial score (nSPS) is 11.9. The zero-order valence-electron chi connectivity index (χ0n) is 13.3. The van der Waals surface area contributed by atoms with Gasteiger partial charge in [-0.3, -0.25) is 9.59 Å². The molecule has 0 aliphatic carbocycles. The Labute approximate surface area is 139 Å². The van der Waals surface area contributed by atoms with Crippen molar-refractivity contribution in [3.05, 3.63) is 53.6 Å². The van der Waals surface area contributed by atoms with Crippen LogP contribution < -0.4 is 20.1 Å². The first-order valence-electron chi connectivity index (χ1n) is 7.73. The molecule has 2 amide bonds. The van der Waals surface area contributed by atoms with E-state index in [1.807, 2.05) is 31.2 Å². The zero-order chi connectivity index (χ0) is 16.9. The van der Waals surface area contributed by atoms with Gasteiger partial charge >= 0.3 is 0 Å². The van der Waals surface area contributed by atoms with E-state index in [-0.39, 0.29) is 25.2 Å². The van der Waals surface area contributed by atoms with E-state index in [1.165, 1.54) is 0 Å². The molecule has 1 aliphatic rings. The molecule has 6 heteroatoms. The number of amides is 2. The Morgan fingerprint density at radius 3 is 2.71 bits per heavy atom. The molecule has 0 saturated carbocycles. The summed E-state index contributed by atoms with van der Waals surface area (Å²) in [7, 11) is 0. The van der Waals surface area contributed by atoms with E-state index in [0.29, 0.717) is 17.1 Å². The van der Waals surface area contributed by atoms with Crippen LogP contribution in [0.25, 0.3) is 0 Å². The second-order valence-corrected chi connectivity index (χ2v) is 5.31. The molecule has 0 atom stereocenters. The highest BCUT2D eigenvalue weighted by atomic mass is 16.7. The maximum absolute atomic E-state index is 12.1. The third-order valence-corrected chi connectivity index (χ3v) is 3.72. The van der Waals surface area contributed by atoms with Gasteiger partial charge in [0.2, 0.25) is 12.7 Å². The van der Waals surface area contributed by atoms with Crippen LogP contribution in [-0.2, 0) is 11.2 Å². The van der Waals surface area contributed by atoms with Crippen LogP contribution in [0, 0.1) is 0 Å². The quantitative estimate of drug-likeness (QED) is 0.884. The molecule has 24 heavy (non-hydrogen) atoms. The van der Waals surface area contributed by atoms with Gasteiger partial charge in [-0.1, -0.05) is 25.1 Å². The number of benzene rings is 2. The van der Waals surface area contributed by atoms with Crippen molar-refractivity contribution in [1.82, 2.24) is 5.32 Å². The van der Waals surface area contributed by atoms with Crippen LogP contribution in [0.5, 0.6) is 11.5 Å². The summed E-state index contributed by atoms with van der Waals surface area (Å²) in [5.41, 5.74) is 2.23. The lowest BCUT2D eigenvalue weighted by Crippen LogP contribution is -2.33. The molecule has 0 bridgehead atoms. The predicted octanol–water partition coefficient (Wildman–Crippen LogP) is 2.35. The fraction of sp³-hybridized carbons (Fsp3) is 0.222. The Kier molecular flexibility index (Phi) is 4.65. The van der Waals surface area contributed by atoms with Crippen LogP contribution in [0.4, 0.5) is 5.69 Å². The van der Waals surface area contributed by atoms with Crippen molar-refractivity contribution in [3.8, 4) is 11.5 Å². The molecule has 1 aliphatic heterocycles. The van der Waals surface area contributed by atoms with Gasteiger partial charge < -0.3 is 20.1 Å². The number of nitrogens with one attached hydrogen (secondary N) is 2. The van der Waals surface area contributed by atoms with Gasteiger partial charge in [0.25, 0.3) is 5.91 Å². The third-order valence-electron chi connectivity index (χ3n) is 3.72. The fourth-order valence-electron chi connectivity index (χ4n) is 2.45. The predicted molar refractivity (Wildman–Crippen MR) is 89.3 cm³/mol. The summed E-state index contributed by atoms with van der Waals surface area (Å²) >= 11 is 0. The van der Waals surface area contributed by atoms with Gasteiger partial charge in [0, 0.05) is 11.3 Å². The monoisotopic (exact) mass is 326 g/mol. The minimum Gasteiger partial charge on any atom is -0.454 e. The number of anilines is 1. The second kappa shape index (κ2) is 7.04. The molecule has 1 heterocycles. The molecule has 0 fully saturated rings. The largest absolute Gasteiger partial charge is 0.454 e. The fourth-order valence-corrected chi connectivity index (χ4v) is 2.45. The summed E-state index contributed by atoms with van der Waals surface area (Å²) in [6.45, 7) is 2.07. The van der Waals surface area contributed by atoms with Crippen molar-refractivity contribution in [2.24, 2.45) is 0 Å². The maximum Gasteiger partial charge on any atom is 0.251 e. The van der Waals surface area contributed by atoms with Gasteiger partial charge in [0.15, 0.2) is 11.5 Å². The standard InChI is InChI=1S/C18H18N2O4/c1-2-12-5-3-4-6-14(12)20-17(21)10-19-18(22)13-7-8-15-16(9-13)24-11-23-15/h3-9H,2,10-11H2,1H3,(H,19,22)(H,20,21). The van der Waals surface area contributed by atoms with Crippen LogP contribution in [0.3, 0.4) is 0 Å². The van der Waals surface area contributed by atoms with Crippen molar-refractivity contribution < 1.29 is 19.1 Å². The molecule has 0 spiro atoms. The molecule has 0 aromatic heterocycles. The van der Waals surface area contributed by atoms with E-state index in [4.69, 9.17) is 9.47 Å². The number of carbonyl (C=O) groups is 2.